The lowest BCUT2D eigenvalue weighted by Gasteiger charge is -2.19. The van der Waals surface area contributed by atoms with E-state index in [2.05, 4.69) is 31.3 Å². The standard InChI is InChI=1S/C19H21N3O4/c1-19(2,3)15-7-9-17(10-8-15)26-13-18(23)21-20-12-14-5-4-6-16(11-14)22(24)25/h4-12H,13H2,1-3H3,(H,21,23)/b20-12+. The highest BCUT2D eigenvalue weighted by molar-refractivity contribution is 5.83. The molecular formula is C19H21N3O4. The van der Waals surface area contributed by atoms with Crippen LogP contribution in [0.15, 0.2) is 53.6 Å². The number of nitrogens with zero attached hydrogens (tertiary/aromatic N) is 2. The first-order valence-corrected chi connectivity index (χ1v) is 8.05. The van der Waals surface area contributed by atoms with E-state index in [1.165, 1.54) is 23.9 Å². The van der Waals surface area contributed by atoms with Gasteiger partial charge in [0.15, 0.2) is 6.61 Å². The highest BCUT2D eigenvalue weighted by atomic mass is 16.6. The predicted octanol–water partition coefficient (Wildman–Crippen LogP) is 3.42. The van der Waals surface area contributed by atoms with Crippen molar-refractivity contribution in [1.29, 1.82) is 0 Å². The molecule has 0 unspecified atom stereocenters. The molecule has 0 bridgehead atoms. The topological polar surface area (TPSA) is 93.8 Å². The smallest absolute Gasteiger partial charge is 0.277 e. The van der Waals surface area contributed by atoms with Crippen LogP contribution in [0.1, 0.15) is 31.9 Å². The summed E-state index contributed by atoms with van der Waals surface area (Å²) < 4.78 is 5.41. The molecule has 2 aromatic rings. The van der Waals surface area contributed by atoms with Crippen molar-refractivity contribution >= 4 is 17.8 Å². The molecule has 7 heteroatoms. The second-order valence-electron chi connectivity index (χ2n) is 6.71. The third-order valence-corrected chi connectivity index (χ3v) is 3.57. The van der Waals surface area contributed by atoms with Gasteiger partial charge in [-0.25, -0.2) is 5.43 Å². The quantitative estimate of drug-likeness (QED) is 0.488. The summed E-state index contributed by atoms with van der Waals surface area (Å²) in [7, 11) is 0. The van der Waals surface area contributed by atoms with E-state index < -0.39 is 10.8 Å². The number of hydrogen-bond donors (Lipinski definition) is 1. The number of amides is 1. The van der Waals surface area contributed by atoms with Gasteiger partial charge in [-0.2, -0.15) is 5.10 Å². The molecule has 0 heterocycles. The van der Waals surface area contributed by atoms with Crippen LogP contribution in [0.4, 0.5) is 5.69 Å². The van der Waals surface area contributed by atoms with E-state index in [0.717, 1.165) is 0 Å². The lowest BCUT2D eigenvalue weighted by molar-refractivity contribution is -0.384. The number of carbonyl (C=O) groups excluding carboxylic acids is 1. The van der Waals surface area contributed by atoms with E-state index in [4.69, 9.17) is 4.74 Å². The van der Waals surface area contributed by atoms with Crippen molar-refractivity contribution in [2.75, 3.05) is 6.61 Å². The summed E-state index contributed by atoms with van der Waals surface area (Å²) in [6, 6.07) is 13.5. The molecule has 0 atom stereocenters. The Labute approximate surface area is 151 Å². The fourth-order valence-electron chi connectivity index (χ4n) is 2.13. The Kier molecular flexibility index (Phi) is 6.06. The van der Waals surface area contributed by atoms with E-state index in [-0.39, 0.29) is 17.7 Å². The number of ether oxygens (including phenoxy) is 1. The number of benzene rings is 2. The van der Waals surface area contributed by atoms with Crippen LogP contribution >= 0.6 is 0 Å². The van der Waals surface area contributed by atoms with E-state index in [0.29, 0.717) is 11.3 Å². The summed E-state index contributed by atoms with van der Waals surface area (Å²) in [5.74, 6) is 0.169. The largest absolute Gasteiger partial charge is 0.484 e. The fraction of sp³-hybridized carbons (Fsp3) is 0.263. The predicted molar refractivity (Wildman–Crippen MR) is 99.5 cm³/mol. The highest BCUT2D eigenvalue weighted by Gasteiger charge is 2.13. The molecule has 1 amide bonds. The summed E-state index contributed by atoms with van der Waals surface area (Å²) in [5.41, 5.74) is 4.02. The van der Waals surface area contributed by atoms with Crippen LogP contribution < -0.4 is 10.2 Å². The van der Waals surface area contributed by atoms with Gasteiger partial charge in [0, 0.05) is 17.7 Å². The van der Waals surface area contributed by atoms with E-state index in [1.54, 1.807) is 12.1 Å². The van der Waals surface area contributed by atoms with Gasteiger partial charge in [0.1, 0.15) is 5.75 Å². The lowest BCUT2D eigenvalue weighted by atomic mass is 9.87. The van der Waals surface area contributed by atoms with Gasteiger partial charge in [-0.1, -0.05) is 45.0 Å². The monoisotopic (exact) mass is 355 g/mol. The summed E-state index contributed by atoms with van der Waals surface area (Å²) in [6.45, 7) is 6.18. The van der Waals surface area contributed by atoms with Gasteiger partial charge in [-0.15, -0.1) is 0 Å². The van der Waals surface area contributed by atoms with Crippen molar-refractivity contribution in [1.82, 2.24) is 5.43 Å². The Morgan fingerprint density at radius 1 is 1.23 bits per heavy atom. The van der Waals surface area contributed by atoms with Gasteiger partial charge in [-0.05, 0) is 23.1 Å². The first-order chi connectivity index (χ1) is 12.3. The summed E-state index contributed by atoms with van der Waals surface area (Å²) in [4.78, 5) is 22.0. The fourth-order valence-corrected chi connectivity index (χ4v) is 2.13. The van der Waals surface area contributed by atoms with Crippen LogP contribution in [0.25, 0.3) is 0 Å². The second kappa shape index (κ2) is 8.24. The lowest BCUT2D eigenvalue weighted by Crippen LogP contribution is -2.24. The summed E-state index contributed by atoms with van der Waals surface area (Å²) in [5, 5.41) is 14.5. The highest BCUT2D eigenvalue weighted by Crippen LogP contribution is 2.24. The second-order valence-corrected chi connectivity index (χ2v) is 6.71. The maximum absolute atomic E-state index is 11.7. The Morgan fingerprint density at radius 2 is 1.92 bits per heavy atom. The van der Waals surface area contributed by atoms with Crippen LogP contribution in [0.5, 0.6) is 5.75 Å². The summed E-state index contributed by atoms with van der Waals surface area (Å²) in [6.07, 6.45) is 1.34. The number of rotatable bonds is 6. The molecule has 2 aromatic carbocycles. The van der Waals surface area contributed by atoms with Crippen molar-refractivity contribution in [3.8, 4) is 5.75 Å². The molecule has 0 aliphatic rings. The molecule has 0 radical (unpaired) electrons. The SMILES string of the molecule is CC(C)(C)c1ccc(OCC(=O)N/N=C/c2cccc([N+](=O)[O-])c2)cc1. The van der Waals surface area contributed by atoms with Gasteiger partial charge < -0.3 is 4.74 Å². The molecule has 0 aliphatic carbocycles. The van der Waals surface area contributed by atoms with Crippen LogP contribution in [-0.2, 0) is 10.2 Å². The Hall–Kier alpha value is -3.22. The zero-order chi connectivity index (χ0) is 19.2. The Bertz CT molecular complexity index is 808. The van der Waals surface area contributed by atoms with Crippen LogP contribution in [-0.4, -0.2) is 23.7 Å². The van der Waals surface area contributed by atoms with Crippen LogP contribution in [0.3, 0.4) is 0 Å². The number of nitrogens with one attached hydrogen (secondary N) is 1. The average molecular weight is 355 g/mol. The van der Waals surface area contributed by atoms with Gasteiger partial charge in [0.2, 0.25) is 0 Å². The minimum atomic E-state index is -0.491. The maximum atomic E-state index is 11.7. The minimum absolute atomic E-state index is 0.0395. The van der Waals surface area contributed by atoms with E-state index in [1.807, 2.05) is 24.3 Å². The summed E-state index contributed by atoms with van der Waals surface area (Å²) >= 11 is 0. The number of nitro benzene ring substituents is 1. The molecule has 7 nitrogen and oxygen atoms in total. The average Bonchev–Trinajstić information content (AvgIpc) is 2.60. The van der Waals surface area contributed by atoms with Gasteiger partial charge in [0.05, 0.1) is 11.1 Å². The van der Waals surface area contributed by atoms with Gasteiger partial charge in [-0.3, -0.25) is 14.9 Å². The molecule has 0 spiro atoms. The normalized spacial score (nSPS) is 11.3. The number of non-ortho nitro benzene ring substituents is 1. The molecule has 1 N–H and O–H groups in total. The number of hydrazone groups is 1. The molecule has 0 aromatic heterocycles. The van der Waals surface area contributed by atoms with E-state index in [9.17, 15) is 14.9 Å². The zero-order valence-corrected chi connectivity index (χ0v) is 14.9. The van der Waals surface area contributed by atoms with Crippen molar-refractivity contribution < 1.29 is 14.5 Å². The van der Waals surface area contributed by atoms with Crippen LogP contribution in [0, 0.1) is 10.1 Å². The van der Waals surface area contributed by atoms with E-state index >= 15 is 0 Å². The minimum Gasteiger partial charge on any atom is -0.484 e. The third kappa shape index (κ3) is 5.70. The molecule has 2 rings (SSSR count). The maximum Gasteiger partial charge on any atom is 0.277 e. The molecule has 0 saturated carbocycles. The molecule has 0 saturated heterocycles. The first kappa shape index (κ1) is 19.1. The molecular weight excluding hydrogens is 334 g/mol. The van der Waals surface area contributed by atoms with Crippen LogP contribution in [0.2, 0.25) is 0 Å². The third-order valence-electron chi connectivity index (χ3n) is 3.57. The Morgan fingerprint density at radius 3 is 2.54 bits per heavy atom. The number of carbonyl (C=O) groups is 1. The van der Waals surface area contributed by atoms with Crippen molar-refractivity contribution in [2.24, 2.45) is 5.10 Å². The number of nitro groups is 1. The molecule has 0 fully saturated rings. The molecule has 26 heavy (non-hydrogen) atoms. The molecule has 136 valence electrons. The van der Waals surface area contributed by atoms with Crippen molar-refractivity contribution in [3.63, 3.8) is 0 Å². The first-order valence-electron chi connectivity index (χ1n) is 8.05. The van der Waals surface area contributed by atoms with Crippen molar-refractivity contribution in [3.05, 3.63) is 69.8 Å². The molecule has 0 aliphatic heterocycles. The van der Waals surface area contributed by atoms with Crippen molar-refractivity contribution in [2.45, 2.75) is 26.2 Å². The van der Waals surface area contributed by atoms with Gasteiger partial charge >= 0.3 is 0 Å². The Balaban J connectivity index is 1.83. The van der Waals surface area contributed by atoms with Gasteiger partial charge in [0.25, 0.3) is 11.6 Å². The number of hydrogen-bond acceptors (Lipinski definition) is 5. The zero-order valence-electron chi connectivity index (χ0n) is 14.9.